The lowest BCUT2D eigenvalue weighted by Crippen LogP contribution is -2.44. The number of ether oxygens (including phenoxy) is 4. The van der Waals surface area contributed by atoms with Gasteiger partial charge in [-0.25, -0.2) is 0 Å². The van der Waals surface area contributed by atoms with Gasteiger partial charge >= 0.3 is 0 Å². The normalized spacial score (nSPS) is 16.2. The molecule has 0 radical (unpaired) electrons. The first-order valence-electron chi connectivity index (χ1n) is 10.3. The standard InChI is InChI=1S/C21H36N4O4.HI/c1-5-22-21(23-8-6-10-29-12-11-26-2)24-17-7-9-25(16-17)18-13-19(27-3)15-20(14-18)28-4;/h13-15,17H,5-12,16H2,1-4H3,(H2,22,23,24);1H. The third kappa shape index (κ3) is 9.13. The van der Waals surface area contributed by atoms with Gasteiger partial charge in [-0.1, -0.05) is 0 Å². The van der Waals surface area contributed by atoms with Crippen molar-refractivity contribution in [2.24, 2.45) is 4.99 Å². The van der Waals surface area contributed by atoms with Crippen LogP contribution in [-0.2, 0) is 9.47 Å². The molecule has 1 aliphatic rings. The van der Waals surface area contributed by atoms with Gasteiger partial charge in [-0.3, -0.25) is 4.99 Å². The summed E-state index contributed by atoms with van der Waals surface area (Å²) in [4.78, 5) is 7.02. The zero-order valence-electron chi connectivity index (χ0n) is 18.6. The van der Waals surface area contributed by atoms with Crippen molar-refractivity contribution in [3.63, 3.8) is 0 Å². The molecule has 0 aromatic heterocycles. The number of hydrogen-bond acceptors (Lipinski definition) is 6. The minimum atomic E-state index is 0. The van der Waals surface area contributed by atoms with E-state index in [1.165, 1.54) is 0 Å². The first-order valence-corrected chi connectivity index (χ1v) is 10.3. The summed E-state index contributed by atoms with van der Waals surface area (Å²) in [7, 11) is 5.03. The Bertz CT molecular complexity index is 611. The van der Waals surface area contributed by atoms with Crippen molar-refractivity contribution in [3.05, 3.63) is 18.2 Å². The van der Waals surface area contributed by atoms with Crippen LogP contribution in [0.5, 0.6) is 11.5 Å². The van der Waals surface area contributed by atoms with Crippen LogP contribution in [0.25, 0.3) is 0 Å². The SMILES string of the molecule is CCNC(=NCCCOCCOC)NC1CCN(c2cc(OC)cc(OC)c2)C1.I. The molecule has 9 heteroatoms. The largest absolute Gasteiger partial charge is 0.497 e. The van der Waals surface area contributed by atoms with E-state index in [0.717, 1.165) is 62.2 Å². The molecule has 1 aliphatic heterocycles. The van der Waals surface area contributed by atoms with Gasteiger partial charge in [0.2, 0.25) is 0 Å². The molecule has 1 saturated heterocycles. The highest BCUT2D eigenvalue weighted by atomic mass is 127. The number of hydrogen-bond donors (Lipinski definition) is 2. The molecule has 172 valence electrons. The average molecular weight is 536 g/mol. The molecule has 2 rings (SSSR count). The third-order valence-corrected chi connectivity index (χ3v) is 4.72. The van der Waals surface area contributed by atoms with Crippen molar-refractivity contribution in [1.82, 2.24) is 10.6 Å². The summed E-state index contributed by atoms with van der Waals surface area (Å²) in [5.41, 5.74) is 1.11. The van der Waals surface area contributed by atoms with Crippen LogP contribution >= 0.6 is 24.0 Å². The number of nitrogens with one attached hydrogen (secondary N) is 2. The highest BCUT2D eigenvalue weighted by molar-refractivity contribution is 14.0. The molecule has 0 saturated carbocycles. The van der Waals surface area contributed by atoms with Gasteiger partial charge < -0.3 is 34.5 Å². The summed E-state index contributed by atoms with van der Waals surface area (Å²) < 4.78 is 21.3. The van der Waals surface area contributed by atoms with E-state index in [9.17, 15) is 0 Å². The lowest BCUT2D eigenvalue weighted by atomic mass is 10.2. The molecule has 0 amide bonds. The van der Waals surface area contributed by atoms with Crippen LogP contribution in [0.2, 0.25) is 0 Å². The molecule has 1 atom stereocenters. The van der Waals surface area contributed by atoms with Crippen molar-refractivity contribution in [1.29, 1.82) is 0 Å². The second-order valence-electron chi connectivity index (χ2n) is 6.87. The van der Waals surface area contributed by atoms with E-state index in [1.807, 2.05) is 18.2 Å². The summed E-state index contributed by atoms with van der Waals surface area (Å²) in [6.45, 7) is 7.47. The van der Waals surface area contributed by atoms with Crippen LogP contribution in [0.1, 0.15) is 19.8 Å². The van der Waals surface area contributed by atoms with Gasteiger partial charge in [0.25, 0.3) is 0 Å². The number of benzene rings is 1. The number of aliphatic imine (C=N–C) groups is 1. The third-order valence-electron chi connectivity index (χ3n) is 4.72. The highest BCUT2D eigenvalue weighted by Crippen LogP contribution is 2.30. The zero-order chi connectivity index (χ0) is 20.9. The summed E-state index contributed by atoms with van der Waals surface area (Å²) in [5, 5.41) is 6.89. The number of methoxy groups -OCH3 is 3. The monoisotopic (exact) mass is 536 g/mol. The maximum atomic E-state index is 5.49. The van der Waals surface area contributed by atoms with E-state index in [2.05, 4.69) is 27.4 Å². The van der Waals surface area contributed by atoms with Crippen molar-refractivity contribution >= 4 is 35.6 Å². The molecule has 1 aromatic carbocycles. The van der Waals surface area contributed by atoms with E-state index < -0.39 is 0 Å². The predicted molar refractivity (Wildman–Crippen MR) is 132 cm³/mol. The molecule has 2 N–H and O–H groups in total. The van der Waals surface area contributed by atoms with Gasteiger partial charge in [-0.2, -0.15) is 0 Å². The van der Waals surface area contributed by atoms with Gasteiger partial charge in [0.15, 0.2) is 5.96 Å². The minimum Gasteiger partial charge on any atom is -0.497 e. The summed E-state index contributed by atoms with van der Waals surface area (Å²) in [5.74, 6) is 2.47. The summed E-state index contributed by atoms with van der Waals surface area (Å²) in [6.07, 6.45) is 1.94. The number of nitrogens with zero attached hydrogens (tertiary/aromatic N) is 2. The Balaban J connectivity index is 0.00000450. The van der Waals surface area contributed by atoms with Crippen LogP contribution in [0.3, 0.4) is 0 Å². The maximum absolute atomic E-state index is 5.49. The smallest absolute Gasteiger partial charge is 0.191 e. The number of guanidine groups is 1. The Hall–Kier alpha value is -1.46. The van der Waals surface area contributed by atoms with E-state index in [0.29, 0.717) is 25.9 Å². The topological polar surface area (TPSA) is 76.6 Å². The van der Waals surface area contributed by atoms with Gasteiger partial charge in [-0.15, -0.1) is 24.0 Å². The first-order chi connectivity index (χ1) is 14.2. The highest BCUT2D eigenvalue weighted by Gasteiger charge is 2.24. The average Bonchev–Trinajstić information content (AvgIpc) is 3.21. The fraction of sp³-hybridized carbons (Fsp3) is 0.667. The molecule has 1 unspecified atom stereocenters. The second-order valence-corrected chi connectivity index (χ2v) is 6.87. The predicted octanol–water partition coefficient (Wildman–Crippen LogP) is 2.51. The lowest BCUT2D eigenvalue weighted by Gasteiger charge is -2.21. The molecule has 1 aromatic rings. The van der Waals surface area contributed by atoms with Gasteiger partial charge in [0.05, 0.1) is 27.4 Å². The Kier molecular flexibility index (Phi) is 13.6. The van der Waals surface area contributed by atoms with Crippen LogP contribution in [0.4, 0.5) is 5.69 Å². The number of halogens is 1. The van der Waals surface area contributed by atoms with E-state index >= 15 is 0 Å². The van der Waals surface area contributed by atoms with Crippen molar-refractivity contribution < 1.29 is 18.9 Å². The van der Waals surface area contributed by atoms with Crippen molar-refractivity contribution in [2.45, 2.75) is 25.8 Å². The molecule has 1 fully saturated rings. The molecule has 8 nitrogen and oxygen atoms in total. The van der Waals surface area contributed by atoms with E-state index in [1.54, 1.807) is 21.3 Å². The zero-order valence-corrected chi connectivity index (χ0v) is 20.9. The molecule has 1 heterocycles. The van der Waals surface area contributed by atoms with E-state index in [4.69, 9.17) is 18.9 Å². The summed E-state index contributed by atoms with van der Waals surface area (Å²) >= 11 is 0. The lowest BCUT2D eigenvalue weighted by molar-refractivity contribution is 0.0702. The van der Waals surface area contributed by atoms with Crippen LogP contribution in [0, 0.1) is 0 Å². The van der Waals surface area contributed by atoms with Gasteiger partial charge in [-0.05, 0) is 19.8 Å². The Labute approximate surface area is 197 Å². The Morgan fingerprint density at radius 2 is 1.83 bits per heavy atom. The van der Waals surface area contributed by atoms with E-state index in [-0.39, 0.29) is 24.0 Å². The molecule has 0 spiro atoms. The van der Waals surface area contributed by atoms with Crippen LogP contribution < -0.4 is 25.0 Å². The Morgan fingerprint density at radius 1 is 1.10 bits per heavy atom. The molecular weight excluding hydrogens is 499 g/mol. The maximum Gasteiger partial charge on any atom is 0.191 e. The Morgan fingerprint density at radius 3 is 2.47 bits per heavy atom. The van der Waals surface area contributed by atoms with Crippen molar-refractivity contribution in [2.75, 3.05) is 72.2 Å². The minimum absolute atomic E-state index is 0. The van der Waals surface area contributed by atoms with Gasteiger partial charge in [0.1, 0.15) is 11.5 Å². The fourth-order valence-corrected chi connectivity index (χ4v) is 3.20. The molecule has 0 aliphatic carbocycles. The number of rotatable bonds is 12. The number of anilines is 1. The van der Waals surface area contributed by atoms with Crippen LogP contribution in [0.15, 0.2) is 23.2 Å². The quantitative estimate of drug-likeness (QED) is 0.184. The molecule has 0 bridgehead atoms. The van der Waals surface area contributed by atoms with Crippen molar-refractivity contribution in [3.8, 4) is 11.5 Å². The molecular formula is C21H37IN4O4. The fourth-order valence-electron chi connectivity index (χ4n) is 3.20. The van der Waals surface area contributed by atoms with Gasteiger partial charge in [0, 0.05) is 69.8 Å². The van der Waals surface area contributed by atoms with Crippen LogP contribution in [-0.4, -0.2) is 79.3 Å². The first kappa shape index (κ1) is 26.6. The molecule has 30 heavy (non-hydrogen) atoms. The summed E-state index contributed by atoms with van der Waals surface area (Å²) in [6, 6.07) is 6.33. The second kappa shape index (κ2) is 15.4.